The van der Waals surface area contributed by atoms with Crippen LogP contribution in [-0.2, 0) is 14.3 Å². The van der Waals surface area contributed by atoms with Crippen LogP contribution in [-0.4, -0.2) is 44.0 Å². The second-order valence-corrected chi connectivity index (χ2v) is 5.69. The summed E-state index contributed by atoms with van der Waals surface area (Å²) in [4.78, 5) is 7.36. The topological polar surface area (TPSA) is 81.2 Å². The third kappa shape index (κ3) is 5.76. The van der Waals surface area contributed by atoms with E-state index in [2.05, 4.69) is 19.5 Å². The number of alkyl halides is 1. The molecule has 0 saturated heterocycles. The van der Waals surface area contributed by atoms with Crippen LogP contribution < -0.4 is 5.32 Å². The van der Waals surface area contributed by atoms with E-state index in [0.29, 0.717) is 0 Å². The molecule has 0 radical (unpaired) electrons. The monoisotopic (exact) mass is 317 g/mol. The molecule has 0 bridgehead atoms. The maximum absolute atomic E-state index is 13.3. The van der Waals surface area contributed by atoms with Gasteiger partial charge in [0.2, 0.25) is 5.28 Å². The number of hydrogen-bond acceptors (Lipinski definition) is 6. The van der Waals surface area contributed by atoms with Gasteiger partial charge in [-0.15, -0.1) is 0 Å². The van der Waals surface area contributed by atoms with Crippen molar-refractivity contribution in [2.24, 2.45) is 0 Å². The summed E-state index contributed by atoms with van der Waals surface area (Å²) in [6, 6.07) is 0. The van der Waals surface area contributed by atoms with Gasteiger partial charge in [-0.05, 0) is 11.6 Å². The molecule has 0 aliphatic rings. The number of nitrogens with zero attached hydrogens (tertiary/aromatic N) is 2. The molecule has 10 heteroatoms. The maximum Gasteiger partial charge on any atom is 0.264 e. The first-order chi connectivity index (χ1) is 8.28. The molecule has 18 heavy (non-hydrogen) atoms. The second kappa shape index (κ2) is 6.46. The summed E-state index contributed by atoms with van der Waals surface area (Å²) < 4.78 is 38.9. The zero-order chi connectivity index (χ0) is 13.8. The smallest absolute Gasteiger partial charge is 0.264 e. The van der Waals surface area contributed by atoms with Crippen LogP contribution in [0.25, 0.3) is 0 Å². The highest BCUT2D eigenvalue weighted by molar-refractivity contribution is 7.85. The molecule has 0 aliphatic heterocycles. The largest absolute Gasteiger partial charge is 0.366 e. The van der Waals surface area contributed by atoms with Crippen molar-refractivity contribution in [3.63, 3.8) is 0 Å². The summed E-state index contributed by atoms with van der Waals surface area (Å²) in [5.74, 6) is 0.165. The quantitative estimate of drug-likeness (QED) is 0.632. The lowest BCUT2D eigenvalue weighted by Gasteiger charge is -2.10. The van der Waals surface area contributed by atoms with E-state index in [9.17, 15) is 12.8 Å². The molecule has 1 aromatic rings. The van der Waals surface area contributed by atoms with Crippen molar-refractivity contribution >= 4 is 39.1 Å². The minimum atomic E-state index is -3.66. The summed E-state index contributed by atoms with van der Waals surface area (Å²) in [6.45, 7) is -0.801. The van der Waals surface area contributed by atoms with E-state index in [1.54, 1.807) is 0 Å². The number of aromatic nitrogens is 2. The lowest BCUT2D eigenvalue weighted by atomic mass is 10.4. The Kier molecular flexibility index (Phi) is 5.51. The highest BCUT2D eigenvalue weighted by Gasteiger charge is 2.12. The van der Waals surface area contributed by atoms with Gasteiger partial charge in [0.1, 0.15) is 17.0 Å². The lowest BCUT2D eigenvalue weighted by Crippen LogP contribution is -2.23. The first-order valence-corrected chi connectivity index (χ1v) is 7.25. The predicted molar refractivity (Wildman–Crippen MR) is 66.2 cm³/mol. The Labute approximate surface area is 114 Å². The molecule has 0 aromatic carbocycles. The average Bonchev–Trinajstić information content (AvgIpc) is 2.26. The molecular formula is C8H10Cl2FN3O3S. The molecule has 1 atom stereocenters. The first kappa shape index (κ1) is 15.4. The van der Waals surface area contributed by atoms with Crippen molar-refractivity contribution < 1.29 is 17.0 Å². The van der Waals surface area contributed by atoms with Crippen molar-refractivity contribution in [3.8, 4) is 0 Å². The Morgan fingerprint density at radius 1 is 1.56 bits per heavy atom. The minimum Gasteiger partial charge on any atom is -0.366 e. The molecule has 1 aromatic heterocycles. The second-order valence-electron chi connectivity index (χ2n) is 3.30. The van der Waals surface area contributed by atoms with Crippen LogP contribution in [0.3, 0.4) is 0 Å². The van der Waals surface area contributed by atoms with Crippen molar-refractivity contribution in [1.29, 1.82) is 0 Å². The van der Waals surface area contributed by atoms with Gasteiger partial charge < -0.3 is 5.32 Å². The highest BCUT2D eigenvalue weighted by Crippen LogP contribution is 2.19. The van der Waals surface area contributed by atoms with E-state index < -0.39 is 22.9 Å². The van der Waals surface area contributed by atoms with Crippen LogP contribution >= 0.6 is 23.2 Å². The van der Waals surface area contributed by atoms with Crippen LogP contribution in [0.1, 0.15) is 0 Å². The van der Waals surface area contributed by atoms with Gasteiger partial charge in [-0.3, -0.25) is 4.18 Å². The Balaban J connectivity index is 2.47. The van der Waals surface area contributed by atoms with Gasteiger partial charge in [-0.1, -0.05) is 11.6 Å². The van der Waals surface area contributed by atoms with E-state index in [-0.39, 0.29) is 22.7 Å². The van der Waals surface area contributed by atoms with E-state index in [4.69, 9.17) is 23.2 Å². The molecule has 1 unspecified atom stereocenters. The number of anilines is 1. The molecule has 6 nitrogen and oxygen atoms in total. The van der Waals surface area contributed by atoms with Gasteiger partial charge in [-0.2, -0.15) is 13.4 Å². The summed E-state index contributed by atoms with van der Waals surface area (Å²) >= 11 is 11.3. The fraction of sp³-hybridized carbons (Fsp3) is 0.500. The Morgan fingerprint density at radius 3 is 2.83 bits per heavy atom. The third-order valence-electron chi connectivity index (χ3n) is 1.67. The molecule has 1 N–H and O–H groups in total. The van der Waals surface area contributed by atoms with Crippen molar-refractivity contribution in [2.75, 3.05) is 24.7 Å². The van der Waals surface area contributed by atoms with Crippen LogP contribution in [0.2, 0.25) is 10.3 Å². The minimum absolute atomic E-state index is 0.0373. The molecule has 0 amide bonds. The Morgan fingerprint density at radius 2 is 2.22 bits per heavy atom. The van der Waals surface area contributed by atoms with E-state index in [0.717, 1.165) is 6.26 Å². The van der Waals surface area contributed by atoms with Crippen LogP contribution in [0.15, 0.2) is 6.20 Å². The normalized spacial score (nSPS) is 13.3. The van der Waals surface area contributed by atoms with Gasteiger partial charge in [0.15, 0.2) is 0 Å². The summed E-state index contributed by atoms with van der Waals surface area (Å²) in [5.41, 5.74) is 0. The predicted octanol–water partition coefficient (Wildman–Crippen LogP) is 1.51. The number of hydrogen-bond donors (Lipinski definition) is 1. The number of halogens is 3. The summed E-state index contributed by atoms with van der Waals surface area (Å²) in [6.07, 6.45) is 0.567. The van der Waals surface area contributed by atoms with Gasteiger partial charge in [0, 0.05) is 6.54 Å². The van der Waals surface area contributed by atoms with Crippen molar-refractivity contribution in [3.05, 3.63) is 16.5 Å². The fourth-order valence-electron chi connectivity index (χ4n) is 0.933. The lowest BCUT2D eigenvalue weighted by molar-refractivity contribution is 0.210. The standard InChI is InChI=1S/C8H10Cl2FN3O3S/c1-18(15,16)17-4-5(11)2-12-7-6(9)3-13-8(10)14-7/h3,5H,2,4H2,1H3,(H,12,13,14). The fourth-order valence-corrected chi connectivity index (χ4v) is 1.62. The van der Waals surface area contributed by atoms with Gasteiger partial charge in [0.25, 0.3) is 10.1 Å². The number of nitrogens with one attached hydrogen (secondary N) is 1. The molecule has 0 spiro atoms. The number of rotatable bonds is 6. The summed E-state index contributed by atoms with van der Waals surface area (Å²) in [5, 5.41) is 2.71. The molecule has 0 aliphatic carbocycles. The summed E-state index contributed by atoms with van der Waals surface area (Å²) in [7, 11) is -3.66. The molecule has 0 saturated carbocycles. The molecule has 1 heterocycles. The molecular weight excluding hydrogens is 308 g/mol. The van der Waals surface area contributed by atoms with Crippen LogP contribution in [0.5, 0.6) is 0 Å². The maximum atomic E-state index is 13.3. The van der Waals surface area contributed by atoms with Crippen molar-refractivity contribution in [1.82, 2.24) is 9.97 Å². The van der Waals surface area contributed by atoms with E-state index in [1.807, 2.05) is 0 Å². The highest BCUT2D eigenvalue weighted by atomic mass is 35.5. The Bertz CT molecular complexity index is 514. The van der Waals surface area contributed by atoms with Crippen molar-refractivity contribution in [2.45, 2.75) is 6.17 Å². The molecule has 102 valence electrons. The van der Waals surface area contributed by atoms with E-state index >= 15 is 0 Å². The third-order valence-corrected chi connectivity index (χ3v) is 2.69. The molecule has 0 fully saturated rings. The Hall–Kier alpha value is -0.700. The van der Waals surface area contributed by atoms with Gasteiger partial charge in [0.05, 0.1) is 19.1 Å². The zero-order valence-corrected chi connectivity index (χ0v) is 11.6. The van der Waals surface area contributed by atoms with Gasteiger partial charge >= 0.3 is 0 Å². The van der Waals surface area contributed by atoms with Crippen LogP contribution in [0.4, 0.5) is 10.2 Å². The first-order valence-electron chi connectivity index (χ1n) is 4.68. The zero-order valence-electron chi connectivity index (χ0n) is 9.23. The molecule has 1 rings (SSSR count). The SMILES string of the molecule is CS(=O)(=O)OCC(F)CNc1nc(Cl)ncc1Cl. The van der Waals surface area contributed by atoms with E-state index in [1.165, 1.54) is 6.20 Å². The van der Waals surface area contributed by atoms with Gasteiger partial charge in [-0.25, -0.2) is 9.37 Å². The average molecular weight is 318 g/mol. The van der Waals surface area contributed by atoms with Crippen LogP contribution in [0, 0.1) is 0 Å².